The normalized spacial score (nSPS) is 15.3. The van der Waals surface area contributed by atoms with E-state index in [9.17, 15) is 24.2 Å². The van der Waals surface area contributed by atoms with Crippen molar-refractivity contribution in [3.05, 3.63) is 146 Å². The van der Waals surface area contributed by atoms with Crippen LogP contribution in [0.1, 0.15) is 110 Å². The van der Waals surface area contributed by atoms with Crippen LogP contribution in [0.15, 0.2) is 146 Å². The molecule has 352 valence electrons. The first-order valence-electron chi connectivity index (χ1n) is 22.7. The molecule has 0 aromatic carbocycles. The number of carbonyl (C=O) groups is 2. The monoisotopic (exact) mass is 894 g/mol. The first-order valence-corrected chi connectivity index (χ1v) is 24.1. The van der Waals surface area contributed by atoms with Crippen molar-refractivity contribution in [1.29, 1.82) is 0 Å². The number of phosphoric ester groups is 1. The summed E-state index contributed by atoms with van der Waals surface area (Å²) in [4.78, 5) is 37.6. The lowest BCUT2D eigenvalue weighted by Gasteiger charge is -2.28. The van der Waals surface area contributed by atoms with Crippen molar-refractivity contribution in [3.63, 3.8) is 0 Å². The summed E-state index contributed by atoms with van der Waals surface area (Å²) in [6, 6.07) is 0. The number of hydrogen-bond donors (Lipinski definition) is 1. The number of ether oxygens (including phenoxy) is 2. The third-order valence-corrected chi connectivity index (χ3v) is 9.43. The van der Waals surface area contributed by atoms with Gasteiger partial charge in [-0.25, -0.2) is 0 Å². The molecule has 11 heteroatoms. The van der Waals surface area contributed by atoms with E-state index in [1.807, 2.05) is 51.5 Å². The molecular weight excluding hydrogens is 814 g/mol. The summed E-state index contributed by atoms with van der Waals surface area (Å²) in [6.07, 6.45) is 57.9. The predicted octanol–water partition coefficient (Wildman–Crippen LogP) is 11.6. The van der Waals surface area contributed by atoms with Gasteiger partial charge in [0.05, 0.1) is 33.9 Å². The third-order valence-electron chi connectivity index (χ3n) is 8.46. The van der Waals surface area contributed by atoms with Crippen LogP contribution < -0.4 is 4.89 Å². The number of rotatable bonds is 38. The number of esters is 2. The molecule has 0 fully saturated rings. The van der Waals surface area contributed by atoms with Crippen LogP contribution in [0.5, 0.6) is 0 Å². The Morgan fingerprint density at radius 2 is 1.00 bits per heavy atom. The highest BCUT2D eigenvalue weighted by Crippen LogP contribution is 2.38. The van der Waals surface area contributed by atoms with Gasteiger partial charge in [0.2, 0.25) is 0 Å². The van der Waals surface area contributed by atoms with Crippen molar-refractivity contribution in [2.24, 2.45) is 0 Å². The molecule has 1 N–H and O–H groups in total. The van der Waals surface area contributed by atoms with Gasteiger partial charge in [0.1, 0.15) is 19.8 Å². The van der Waals surface area contributed by atoms with E-state index >= 15 is 0 Å². The fraction of sp³-hybridized carbons (Fsp3) is 0.500. The number of aliphatic hydroxyl groups excluding tert-OH is 1. The van der Waals surface area contributed by atoms with Gasteiger partial charge in [0.25, 0.3) is 7.82 Å². The molecule has 0 saturated heterocycles. The molecule has 2 unspecified atom stereocenters. The minimum absolute atomic E-state index is 0.0445. The highest BCUT2D eigenvalue weighted by Gasteiger charge is 2.21. The SMILES string of the molecule is CC/C=C\C/C=C\C/C=C\C/C=C\C=C/C(O)C/C=C\CCC(=O)OC[C@H](COP(=O)([O-])OCC[N+](C)(C)C)OC(=O)CC/C=C\C/C=C\C/C=C\C/C=C\C/C=C\C/C=C\CC. The molecule has 63 heavy (non-hydrogen) atoms. The molecule has 0 heterocycles. The fourth-order valence-corrected chi connectivity index (χ4v) is 5.69. The molecule has 0 aliphatic rings. The van der Waals surface area contributed by atoms with E-state index in [2.05, 4.69) is 111 Å². The molecule has 0 aliphatic carbocycles. The number of aliphatic hydroxyl groups is 1. The number of carbonyl (C=O) groups excluding carboxylic acids is 2. The van der Waals surface area contributed by atoms with Crippen molar-refractivity contribution in [1.82, 2.24) is 0 Å². The zero-order chi connectivity index (χ0) is 46.5. The molecule has 0 rings (SSSR count). The average Bonchev–Trinajstić information content (AvgIpc) is 3.23. The Hall–Kier alpha value is -4.15. The Bertz CT molecular complexity index is 1590. The van der Waals surface area contributed by atoms with E-state index in [1.165, 1.54) is 0 Å². The Morgan fingerprint density at radius 1 is 0.571 bits per heavy atom. The second-order valence-electron chi connectivity index (χ2n) is 15.5. The quantitative estimate of drug-likeness (QED) is 0.0211. The topological polar surface area (TPSA) is 131 Å². The first-order chi connectivity index (χ1) is 30.4. The zero-order valence-electron chi connectivity index (χ0n) is 39.1. The maximum absolute atomic E-state index is 12.7. The summed E-state index contributed by atoms with van der Waals surface area (Å²) in [5, 5.41) is 10.2. The first kappa shape index (κ1) is 58.9. The largest absolute Gasteiger partial charge is 0.756 e. The molecule has 0 aromatic rings. The molecule has 0 aliphatic heterocycles. The molecule has 0 bridgehead atoms. The summed E-state index contributed by atoms with van der Waals surface area (Å²) in [7, 11) is 0.995. The van der Waals surface area contributed by atoms with Crippen molar-refractivity contribution >= 4 is 19.8 Å². The van der Waals surface area contributed by atoms with Gasteiger partial charge < -0.3 is 33.0 Å². The van der Waals surface area contributed by atoms with Gasteiger partial charge in [-0.15, -0.1) is 0 Å². The number of allylic oxidation sites excluding steroid dienone is 22. The van der Waals surface area contributed by atoms with E-state index < -0.39 is 38.6 Å². The van der Waals surface area contributed by atoms with Gasteiger partial charge in [0.15, 0.2) is 6.10 Å². The summed E-state index contributed by atoms with van der Waals surface area (Å²) in [5.74, 6) is -1.13. The highest BCUT2D eigenvalue weighted by atomic mass is 31.2. The van der Waals surface area contributed by atoms with Crippen LogP contribution in [-0.2, 0) is 32.7 Å². The molecule has 3 atom stereocenters. The lowest BCUT2D eigenvalue weighted by Crippen LogP contribution is -2.37. The van der Waals surface area contributed by atoms with Crippen molar-refractivity contribution in [2.45, 2.75) is 122 Å². The van der Waals surface area contributed by atoms with Crippen molar-refractivity contribution in [2.75, 3.05) is 47.5 Å². The van der Waals surface area contributed by atoms with E-state index in [-0.39, 0.29) is 26.1 Å². The minimum Gasteiger partial charge on any atom is -0.756 e. The van der Waals surface area contributed by atoms with Crippen LogP contribution in [0, 0.1) is 0 Å². The Labute approximate surface area is 381 Å². The molecular formula is C52H80NO9P. The molecule has 0 aromatic heterocycles. The number of hydrogen-bond acceptors (Lipinski definition) is 9. The molecule has 10 nitrogen and oxygen atoms in total. The summed E-state index contributed by atoms with van der Waals surface area (Å²) in [5.41, 5.74) is 0. The maximum Gasteiger partial charge on any atom is 0.306 e. The van der Waals surface area contributed by atoms with Gasteiger partial charge in [-0.05, 0) is 83.5 Å². The van der Waals surface area contributed by atoms with Crippen molar-refractivity contribution in [3.8, 4) is 0 Å². The lowest BCUT2D eigenvalue weighted by atomic mass is 10.2. The lowest BCUT2D eigenvalue weighted by molar-refractivity contribution is -0.870. The van der Waals surface area contributed by atoms with Crippen LogP contribution in [-0.4, -0.2) is 81.2 Å². The predicted molar refractivity (Wildman–Crippen MR) is 260 cm³/mol. The number of nitrogens with zero attached hydrogens (tertiary/aromatic N) is 1. The zero-order valence-corrected chi connectivity index (χ0v) is 39.9. The van der Waals surface area contributed by atoms with Gasteiger partial charge >= 0.3 is 11.9 Å². The third kappa shape index (κ3) is 45.7. The van der Waals surface area contributed by atoms with Crippen LogP contribution in [0.2, 0.25) is 0 Å². The van der Waals surface area contributed by atoms with E-state index in [4.69, 9.17) is 18.5 Å². The maximum atomic E-state index is 12.7. The standard InChI is InChI=1S/C52H80NO9P/c1-6-8-10-12-14-16-18-20-21-22-23-24-25-27-29-31-33-35-39-44-52(56)62-50(48-61-63(57,58)60-46-45-53(3,4)5)47-59-51(55)43-40-36-38-42-49(54)41-37-34-32-30-28-26-19-17-15-13-11-9-7-2/h8-11,14-17,20-21,23-24,26-29,32-38,41,49-50,54H,6-7,12-13,18-19,22,25,30-31,39-40,42-48H2,1-5H3/b10-8-,11-9-,16-14-,17-15-,21-20-,24-23-,28-26-,29-27-,34-32-,35-33-,38-36-,41-37-/t49?,50-/m1/s1. The van der Waals surface area contributed by atoms with E-state index in [1.54, 1.807) is 18.2 Å². The van der Waals surface area contributed by atoms with Gasteiger partial charge in [-0.3, -0.25) is 14.2 Å². The Morgan fingerprint density at radius 3 is 1.48 bits per heavy atom. The Kier molecular flexibility index (Phi) is 39.1. The minimum atomic E-state index is -4.70. The summed E-state index contributed by atoms with van der Waals surface area (Å²) >= 11 is 0. The van der Waals surface area contributed by atoms with Gasteiger partial charge in [-0.2, -0.15) is 0 Å². The highest BCUT2D eigenvalue weighted by molar-refractivity contribution is 7.45. The fourth-order valence-electron chi connectivity index (χ4n) is 4.96. The van der Waals surface area contributed by atoms with Crippen molar-refractivity contribution < 1.29 is 47.2 Å². The number of quaternary nitrogens is 1. The van der Waals surface area contributed by atoms with Crippen LogP contribution in [0.4, 0.5) is 0 Å². The summed E-state index contributed by atoms with van der Waals surface area (Å²) < 4.78 is 33.6. The number of likely N-dealkylation sites (N-methyl/N-ethyl adjacent to an activating group) is 1. The molecule has 0 radical (unpaired) electrons. The van der Waals surface area contributed by atoms with Crippen LogP contribution in [0.25, 0.3) is 0 Å². The summed E-state index contributed by atoms with van der Waals surface area (Å²) in [6.45, 7) is 3.66. The molecule has 0 spiro atoms. The van der Waals surface area contributed by atoms with E-state index in [0.717, 1.165) is 64.2 Å². The average molecular weight is 894 g/mol. The second-order valence-corrected chi connectivity index (χ2v) is 16.9. The Balaban J connectivity index is 4.71. The van der Waals surface area contributed by atoms with Gasteiger partial charge in [-0.1, -0.05) is 160 Å². The smallest absolute Gasteiger partial charge is 0.306 e. The second kappa shape index (κ2) is 41.8. The molecule has 0 saturated carbocycles. The van der Waals surface area contributed by atoms with Gasteiger partial charge in [0, 0.05) is 12.8 Å². The van der Waals surface area contributed by atoms with E-state index in [0.29, 0.717) is 30.3 Å². The number of phosphoric acid groups is 1. The van der Waals surface area contributed by atoms with Crippen LogP contribution >= 0.6 is 7.82 Å². The molecule has 0 amide bonds. The van der Waals surface area contributed by atoms with Crippen LogP contribution in [0.3, 0.4) is 0 Å².